The zero-order chi connectivity index (χ0) is 16.5. The van der Waals surface area contributed by atoms with Crippen molar-refractivity contribution >= 4 is 23.5 Å². The van der Waals surface area contributed by atoms with Crippen molar-refractivity contribution in [3.05, 3.63) is 0 Å². The molecule has 0 aromatic carbocycles. The minimum atomic E-state index is -0.396. The second-order valence-corrected chi connectivity index (χ2v) is 7.12. The van der Waals surface area contributed by atoms with Crippen molar-refractivity contribution < 1.29 is 14.3 Å². The fourth-order valence-corrected chi connectivity index (χ4v) is 3.08. The maximum Gasteiger partial charge on any atom is 0.313 e. The fourth-order valence-electron chi connectivity index (χ4n) is 2.26. The Morgan fingerprint density at radius 3 is 1.91 bits per heavy atom. The van der Waals surface area contributed by atoms with Crippen LogP contribution in [0.3, 0.4) is 0 Å². The number of thioether (sulfide) groups is 1. The molecule has 3 nitrogen and oxygen atoms in total. The molecule has 0 saturated heterocycles. The van der Waals surface area contributed by atoms with Gasteiger partial charge in [-0.25, -0.2) is 0 Å². The van der Waals surface area contributed by atoms with E-state index in [0.29, 0.717) is 6.61 Å². The molecule has 4 heteroatoms. The van der Waals surface area contributed by atoms with Gasteiger partial charge in [-0.1, -0.05) is 64.7 Å². The predicted molar refractivity (Wildman–Crippen MR) is 95.4 cm³/mol. The number of hydrogen-bond donors (Lipinski definition) is 0. The number of carbonyl (C=O) groups is 2. The van der Waals surface area contributed by atoms with Gasteiger partial charge in [-0.15, -0.1) is 0 Å². The van der Waals surface area contributed by atoms with E-state index in [0.717, 1.165) is 11.5 Å². The lowest BCUT2D eigenvalue weighted by Gasteiger charge is -2.04. The fraction of sp³-hybridized carbons (Fsp3) is 0.889. The van der Waals surface area contributed by atoms with E-state index in [1.807, 2.05) is 11.8 Å². The van der Waals surface area contributed by atoms with Crippen LogP contribution >= 0.6 is 11.8 Å². The summed E-state index contributed by atoms with van der Waals surface area (Å²) in [5, 5.41) is 0. The summed E-state index contributed by atoms with van der Waals surface area (Å²) in [6, 6.07) is 0. The average Bonchev–Trinajstić information content (AvgIpc) is 2.47. The van der Waals surface area contributed by atoms with E-state index in [2.05, 4.69) is 6.92 Å². The first-order valence-corrected chi connectivity index (χ1v) is 10.0. The number of esters is 1. The lowest BCUT2D eigenvalue weighted by atomic mass is 10.1. The van der Waals surface area contributed by atoms with E-state index in [-0.39, 0.29) is 12.2 Å². The lowest BCUT2D eigenvalue weighted by Crippen LogP contribution is -2.10. The molecule has 0 radical (unpaired) electrons. The molecular weight excluding hydrogens is 296 g/mol. The van der Waals surface area contributed by atoms with Crippen molar-refractivity contribution in [1.82, 2.24) is 0 Å². The molecule has 130 valence electrons. The van der Waals surface area contributed by atoms with Crippen LogP contribution < -0.4 is 0 Å². The Hall–Kier alpha value is -0.510. The SMILES string of the molecule is CCCCCCCCCCCCSCCOC(=O)CC(C)=O. The number of Topliss-reactive ketones (excluding diaryl/α,β-unsaturated/α-hetero) is 1. The largest absolute Gasteiger partial charge is 0.464 e. The minimum absolute atomic E-state index is 0.0941. The summed E-state index contributed by atoms with van der Waals surface area (Å²) in [4.78, 5) is 21.8. The number of ketones is 1. The highest BCUT2D eigenvalue weighted by atomic mass is 32.2. The Morgan fingerprint density at radius 2 is 1.36 bits per heavy atom. The van der Waals surface area contributed by atoms with Gasteiger partial charge in [0.05, 0.1) is 0 Å². The van der Waals surface area contributed by atoms with E-state index >= 15 is 0 Å². The summed E-state index contributed by atoms with van der Waals surface area (Å²) >= 11 is 1.83. The third-order valence-corrected chi connectivity index (χ3v) is 4.56. The zero-order valence-corrected chi connectivity index (χ0v) is 15.3. The normalized spacial score (nSPS) is 10.6. The molecule has 0 unspecified atom stereocenters. The van der Waals surface area contributed by atoms with Crippen LogP contribution in [-0.2, 0) is 14.3 Å². The van der Waals surface area contributed by atoms with Gasteiger partial charge in [0.25, 0.3) is 0 Å². The molecule has 0 aliphatic rings. The Labute approximate surface area is 141 Å². The van der Waals surface area contributed by atoms with Gasteiger partial charge in [-0.05, 0) is 19.1 Å². The second kappa shape index (κ2) is 16.9. The van der Waals surface area contributed by atoms with Crippen molar-refractivity contribution in [2.75, 3.05) is 18.1 Å². The van der Waals surface area contributed by atoms with Gasteiger partial charge in [-0.3, -0.25) is 9.59 Å². The third-order valence-electron chi connectivity index (χ3n) is 3.53. The molecule has 0 aliphatic carbocycles. The van der Waals surface area contributed by atoms with Crippen molar-refractivity contribution in [2.24, 2.45) is 0 Å². The molecule has 0 N–H and O–H groups in total. The molecule has 0 rings (SSSR count). The highest BCUT2D eigenvalue weighted by molar-refractivity contribution is 7.99. The molecule has 0 bridgehead atoms. The maximum atomic E-state index is 11.1. The van der Waals surface area contributed by atoms with Gasteiger partial charge in [0, 0.05) is 5.75 Å². The van der Waals surface area contributed by atoms with Gasteiger partial charge in [0.1, 0.15) is 18.8 Å². The molecule has 22 heavy (non-hydrogen) atoms. The van der Waals surface area contributed by atoms with Crippen LogP contribution in [0.15, 0.2) is 0 Å². The summed E-state index contributed by atoms with van der Waals surface area (Å²) in [5.41, 5.74) is 0. The van der Waals surface area contributed by atoms with Crippen LogP contribution in [0, 0.1) is 0 Å². The van der Waals surface area contributed by atoms with Gasteiger partial charge in [-0.2, -0.15) is 11.8 Å². The molecule has 0 amide bonds. The van der Waals surface area contributed by atoms with Gasteiger partial charge in [0.2, 0.25) is 0 Å². The van der Waals surface area contributed by atoms with Crippen molar-refractivity contribution in [3.63, 3.8) is 0 Å². The van der Waals surface area contributed by atoms with Gasteiger partial charge in [0.15, 0.2) is 0 Å². The smallest absolute Gasteiger partial charge is 0.313 e. The van der Waals surface area contributed by atoms with E-state index < -0.39 is 5.97 Å². The molecular formula is C18H34O3S. The Balaban J connectivity index is 3.08. The first-order valence-electron chi connectivity index (χ1n) is 8.89. The first-order chi connectivity index (χ1) is 10.7. The highest BCUT2D eigenvalue weighted by Crippen LogP contribution is 2.12. The van der Waals surface area contributed by atoms with Crippen LogP contribution in [-0.4, -0.2) is 29.9 Å². The summed E-state index contributed by atoms with van der Waals surface area (Å²) < 4.78 is 4.97. The van der Waals surface area contributed by atoms with Crippen LogP contribution in [0.4, 0.5) is 0 Å². The molecule has 0 saturated carbocycles. The van der Waals surface area contributed by atoms with Crippen LogP contribution in [0.5, 0.6) is 0 Å². The quantitative estimate of drug-likeness (QED) is 0.223. The van der Waals surface area contributed by atoms with Gasteiger partial charge >= 0.3 is 5.97 Å². The lowest BCUT2D eigenvalue weighted by molar-refractivity contribution is -0.145. The highest BCUT2D eigenvalue weighted by Gasteiger charge is 2.05. The Bertz CT molecular complexity index is 280. The molecule has 0 fully saturated rings. The van der Waals surface area contributed by atoms with Gasteiger partial charge < -0.3 is 4.74 Å². The van der Waals surface area contributed by atoms with Crippen molar-refractivity contribution in [3.8, 4) is 0 Å². The monoisotopic (exact) mass is 330 g/mol. The first kappa shape index (κ1) is 21.5. The van der Waals surface area contributed by atoms with Crippen LogP contribution in [0.2, 0.25) is 0 Å². The summed E-state index contributed by atoms with van der Waals surface area (Å²) in [7, 11) is 0. The number of unbranched alkanes of at least 4 members (excludes halogenated alkanes) is 9. The molecule has 0 atom stereocenters. The average molecular weight is 331 g/mol. The number of hydrogen-bond acceptors (Lipinski definition) is 4. The standard InChI is InChI=1S/C18H34O3S/c1-3-4-5-6-7-8-9-10-11-12-14-22-15-13-21-18(20)16-17(2)19/h3-16H2,1-2H3. The summed E-state index contributed by atoms with van der Waals surface area (Å²) in [6.45, 7) is 4.09. The predicted octanol–water partition coefficient (Wildman–Crippen LogP) is 5.16. The molecule has 0 aromatic rings. The minimum Gasteiger partial charge on any atom is -0.464 e. The summed E-state index contributed by atoms with van der Waals surface area (Å²) in [5.74, 6) is 1.44. The van der Waals surface area contributed by atoms with E-state index in [9.17, 15) is 9.59 Å². The number of ether oxygens (including phenoxy) is 1. The van der Waals surface area contributed by atoms with Crippen molar-refractivity contribution in [2.45, 2.75) is 84.5 Å². The van der Waals surface area contributed by atoms with E-state index in [4.69, 9.17) is 4.74 Å². The van der Waals surface area contributed by atoms with E-state index in [1.165, 1.54) is 71.1 Å². The van der Waals surface area contributed by atoms with E-state index in [1.54, 1.807) is 0 Å². The molecule has 0 spiro atoms. The zero-order valence-electron chi connectivity index (χ0n) is 14.5. The van der Waals surface area contributed by atoms with Crippen molar-refractivity contribution in [1.29, 1.82) is 0 Å². The van der Waals surface area contributed by atoms with Crippen LogP contribution in [0.1, 0.15) is 84.5 Å². The molecule has 0 heterocycles. The Kier molecular flexibility index (Phi) is 16.5. The number of carbonyl (C=O) groups excluding carboxylic acids is 2. The Morgan fingerprint density at radius 1 is 0.818 bits per heavy atom. The maximum absolute atomic E-state index is 11.1. The molecule has 0 aromatic heterocycles. The number of rotatable bonds is 16. The second-order valence-electron chi connectivity index (χ2n) is 5.89. The summed E-state index contributed by atoms with van der Waals surface area (Å²) in [6.07, 6.45) is 13.5. The third kappa shape index (κ3) is 17.5. The molecule has 0 aliphatic heterocycles. The van der Waals surface area contributed by atoms with Crippen LogP contribution in [0.25, 0.3) is 0 Å². The topological polar surface area (TPSA) is 43.4 Å².